The molecular weight excluding hydrogens is 284 g/mol. The van der Waals surface area contributed by atoms with E-state index in [1.54, 1.807) is 18.9 Å². The summed E-state index contributed by atoms with van der Waals surface area (Å²) in [6.45, 7) is 9.70. The van der Waals surface area contributed by atoms with Gasteiger partial charge in [0, 0.05) is 26.6 Å². The van der Waals surface area contributed by atoms with E-state index < -0.39 is 5.60 Å². The number of rotatable bonds is 4. The van der Waals surface area contributed by atoms with Gasteiger partial charge in [0.05, 0.1) is 6.54 Å². The van der Waals surface area contributed by atoms with Gasteiger partial charge < -0.3 is 14.2 Å². The number of carbonyl (C=O) groups is 1. The number of likely N-dealkylation sites (tertiary alicyclic amines) is 1. The van der Waals surface area contributed by atoms with Crippen LogP contribution in [0.1, 0.15) is 45.3 Å². The van der Waals surface area contributed by atoms with E-state index in [-0.39, 0.29) is 6.09 Å². The molecule has 1 atom stereocenters. The number of aryl methyl sites for hydroxylation is 1. The lowest BCUT2D eigenvalue weighted by Gasteiger charge is -2.29. The number of carbonyl (C=O) groups excluding carboxylic acids is 1. The molecule has 2 rings (SSSR count). The molecule has 7 nitrogen and oxygen atoms in total. The first kappa shape index (κ1) is 16.7. The van der Waals surface area contributed by atoms with E-state index in [2.05, 4.69) is 15.0 Å². The van der Waals surface area contributed by atoms with Crippen molar-refractivity contribution in [1.82, 2.24) is 19.9 Å². The lowest BCUT2D eigenvalue weighted by molar-refractivity contribution is 0.0255. The molecule has 0 saturated carbocycles. The van der Waals surface area contributed by atoms with Gasteiger partial charge in [0.1, 0.15) is 5.60 Å². The topological polar surface area (TPSA) is 71.7 Å². The van der Waals surface area contributed by atoms with Gasteiger partial charge in [-0.3, -0.25) is 4.90 Å². The molecule has 0 spiro atoms. The number of ether oxygens (including phenoxy) is 1. The molecule has 0 radical (unpaired) electrons. The smallest absolute Gasteiger partial charge is 0.410 e. The quantitative estimate of drug-likeness (QED) is 0.849. The molecule has 1 aromatic rings. The van der Waals surface area contributed by atoms with Gasteiger partial charge in [0.25, 0.3) is 0 Å². The summed E-state index contributed by atoms with van der Waals surface area (Å²) < 4.78 is 10.4. The van der Waals surface area contributed by atoms with Crippen molar-refractivity contribution >= 4 is 6.09 Å². The van der Waals surface area contributed by atoms with Crippen molar-refractivity contribution in [2.75, 3.05) is 20.1 Å². The van der Waals surface area contributed by atoms with Crippen LogP contribution in [0.5, 0.6) is 0 Å². The Morgan fingerprint density at radius 1 is 1.50 bits per heavy atom. The van der Waals surface area contributed by atoms with Gasteiger partial charge >= 0.3 is 6.09 Å². The minimum atomic E-state index is -0.469. The second-order valence-corrected chi connectivity index (χ2v) is 6.86. The summed E-state index contributed by atoms with van der Waals surface area (Å²) in [5.74, 6) is 1.28. The van der Waals surface area contributed by atoms with E-state index in [0.29, 0.717) is 30.8 Å². The van der Waals surface area contributed by atoms with E-state index in [9.17, 15) is 4.79 Å². The number of amides is 1. The maximum absolute atomic E-state index is 12.1. The van der Waals surface area contributed by atoms with Crippen LogP contribution in [0, 0.1) is 6.92 Å². The lowest BCUT2D eigenvalue weighted by atomic mass is 10.2. The Balaban J connectivity index is 1.89. The molecule has 0 bridgehead atoms. The summed E-state index contributed by atoms with van der Waals surface area (Å²) in [6.07, 6.45) is 1.89. The maximum atomic E-state index is 12.1. The Labute approximate surface area is 131 Å². The average Bonchev–Trinajstić information content (AvgIpc) is 2.98. The van der Waals surface area contributed by atoms with Crippen LogP contribution in [0.15, 0.2) is 4.52 Å². The van der Waals surface area contributed by atoms with Crippen LogP contribution in [-0.2, 0) is 11.3 Å². The fourth-order valence-corrected chi connectivity index (χ4v) is 2.63. The van der Waals surface area contributed by atoms with E-state index in [1.165, 1.54) is 0 Å². The largest absolute Gasteiger partial charge is 0.444 e. The molecule has 1 saturated heterocycles. The van der Waals surface area contributed by atoms with Gasteiger partial charge in [-0.1, -0.05) is 5.16 Å². The first-order valence-corrected chi connectivity index (χ1v) is 7.72. The first-order chi connectivity index (χ1) is 10.2. The Morgan fingerprint density at radius 3 is 2.82 bits per heavy atom. The predicted molar refractivity (Wildman–Crippen MR) is 81.3 cm³/mol. The zero-order chi connectivity index (χ0) is 16.3. The lowest BCUT2D eigenvalue weighted by Crippen LogP contribution is -2.43. The van der Waals surface area contributed by atoms with Crippen LogP contribution in [0.25, 0.3) is 0 Å². The normalized spacial score (nSPS) is 19.4. The first-order valence-electron chi connectivity index (χ1n) is 7.72. The van der Waals surface area contributed by atoms with Gasteiger partial charge in [-0.2, -0.15) is 4.98 Å². The number of hydrogen-bond acceptors (Lipinski definition) is 6. The van der Waals surface area contributed by atoms with Gasteiger partial charge in [-0.05, 0) is 40.2 Å². The number of likely N-dealkylation sites (N-methyl/N-ethyl adjacent to an activating group) is 1. The Kier molecular flexibility index (Phi) is 5.05. The third-order valence-electron chi connectivity index (χ3n) is 3.60. The van der Waals surface area contributed by atoms with Gasteiger partial charge in [0.15, 0.2) is 5.82 Å². The monoisotopic (exact) mass is 310 g/mol. The predicted octanol–water partition coefficient (Wildman–Crippen LogP) is 2.21. The van der Waals surface area contributed by atoms with E-state index in [0.717, 1.165) is 19.4 Å². The standard InChI is InChI=1S/C15H26N4O3/c1-11-16-13(17-22-11)10-19-8-6-7-12(19)9-18(5)14(20)21-15(2,3)4/h12H,6-10H2,1-5H3. The summed E-state index contributed by atoms with van der Waals surface area (Å²) >= 11 is 0. The SMILES string of the molecule is Cc1nc(CN2CCCC2CN(C)C(=O)OC(C)(C)C)no1. The fourth-order valence-electron chi connectivity index (χ4n) is 2.63. The molecule has 0 N–H and O–H groups in total. The molecular formula is C15H26N4O3. The van der Waals surface area contributed by atoms with Crippen LogP contribution >= 0.6 is 0 Å². The molecule has 1 aromatic heterocycles. The Morgan fingerprint density at radius 2 is 2.23 bits per heavy atom. The minimum absolute atomic E-state index is 0.283. The van der Waals surface area contributed by atoms with Crippen molar-refractivity contribution in [2.24, 2.45) is 0 Å². The van der Waals surface area contributed by atoms with Crippen LogP contribution in [0.4, 0.5) is 4.79 Å². The summed E-state index contributed by atoms with van der Waals surface area (Å²) in [5, 5.41) is 3.94. The van der Waals surface area contributed by atoms with Gasteiger partial charge in [0.2, 0.25) is 5.89 Å². The van der Waals surface area contributed by atoms with Crippen molar-refractivity contribution < 1.29 is 14.1 Å². The number of aromatic nitrogens is 2. The van der Waals surface area contributed by atoms with Crippen LogP contribution in [0.2, 0.25) is 0 Å². The van der Waals surface area contributed by atoms with Crippen LogP contribution < -0.4 is 0 Å². The van der Waals surface area contributed by atoms with Crippen molar-refractivity contribution in [1.29, 1.82) is 0 Å². The molecule has 0 aromatic carbocycles. The van der Waals surface area contributed by atoms with Crippen molar-refractivity contribution in [3.05, 3.63) is 11.7 Å². The molecule has 2 heterocycles. The summed E-state index contributed by atoms with van der Waals surface area (Å²) in [4.78, 5) is 20.3. The van der Waals surface area contributed by atoms with Crippen molar-refractivity contribution in [3.63, 3.8) is 0 Å². The fraction of sp³-hybridized carbons (Fsp3) is 0.800. The van der Waals surface area contributed by atoms with Gasteiger partial charge in [-0.25, -0.2) is 4.79 Å². The Bertz CT molecular complexity index is 509. The highest BCUT2D eigenvalue weighted by Crippen LogP contribution is 2.20. The van der Waals surface area contributed by atoms with E-state index >= 15 is 0 Å². The number of nitrogens with zero attached hydrogens (tertiary/aromatic N) is 4. The summed E-state index contributed by atoms with van der Waals surface area (Å²) in [5.41, 5.74) is -0.469. The minimum Gasteiger partial charge on any atom is -0.444 e. The zero-order valence-electron chi connectivity index (χ0n) is 14.1. The van der Waals surface area contributed by atoms with Crippen molar-refractivity contribution in [2.45, 2.75) is 58.7 Å². The van der Waals surface area contributed by atoms with E-state index in [4.69, 9.17) is 9.26 Å². The molecule has 1 unspecified atom stereocenters. The third kappa shape index (κ3) is 4.69. The van der Waals surface area contributed by atoms with Crippen LogP contribution in [-0.4, -0.2) is 57.8 Å². The highest BCUT2D eigenvalue weighted by atomic mass is 16.6. The van der Waals surface area contributed by atoms with Gasteiger partial charge in [-0.15, -0.1) is 0 Å². The van der Waals surface area contributed by atoms with Crippen molar-refractivity contribution in [3.8, 4) is 0 Å². The molecule has 7 heteroatoms. The van der Waals surface area contributed by atoms with E-state index in [1.807, 2.05) is 20.8 Å². The maximum Gasteiger partial charge on any atom is 0.410 e. The second-order valence-electron chi connectivity index (χ2n) is 6.86. The summed E-state index contributed by atoms with van der Waals surface area (Å²) in [7, 11) is 1.78. The molecule has 124 valence electrons. The highest BCUT2D eigenvalue weighted by molar-refractivity contribution is 5.67. The van der Waals surface area contributed by atoms with Crippen LogP contribution in [0.3, 0.4) is 0 Å². The Hall–Kier alpha value is -1.63. The zero-order valence-corrected chi connectivity index (χ0v) is 14.1. The highest BCUT2D eigenvalue weighted by Gasteiger charge is 2.29. The molecule has 22 heavy (non-hydrogen) atoms. The summed E-state index contributed by atoms with van der Waals surface area (Å²) in [6, 6.07) is 0.302. The number of hydrogen-bond donors (Lipinski definition) is 0. The molecule has 1 aliphatic rings. The molecule has 1 amide bonds. The molecule has 0 aliphatic carbocycles. The molecule has 1 fully saturated rings. The second kappa shape index (κ2) is 6.64. The average molecular weight is 310 g/mol. The molecule has 1 aliphatic heterocycles. The third-order valence-corrected chi connectivity index (χ3v) is 3.60.